The molecule has 3 atom stereocenters. The van der Waals surface area contributed by atoms with Gasteiger partial charge in [0.1, 0.15) is 0 Å². The molecule has 0 unspecified atom stereocenters. The maximum Gasteiger partial charge on any atom is 0.166 e. The highest BCUT2D eigenvalue weighted by Crippen LogP contribution is 2.37. The van der Waals surface area contributed by atoms with Crippen molar-refractivity contribution in [2.45, 2.75) is 32.3 Å². The predicted molar refractivity (Wildman–Crippen MR) is 72.4 cm³/mol. The van der Waals surface area contributed by atoms with Crippen molar-refractivity contribution in [1.82, 2.24) is 0 Å². The lowest BCUT2D eigenvalue weighted by molar-refractivity contribution is 0.0757. The lowest BCUT2D eigenvalue weighted by Crippen LogP contribution is -2.29. The van der Waals surface area contributed by atoms with Gasteiger partial charge in [-0.1, -0.05) is 48.9 Å². The molecule has 1 aromatic rings. The molecule has 2 nitrogen and oxygen atoms in total. The van der Waals surface area contributed by atoms with Gasteiger partial charge in [0.05, 0.1) is 6.10 Å². The lowest BCUT2D eigenvalue weighted by atomic mass is 9.83. The summed E-state index contributed by atoms with van der Waals surface area (Å²) in [6, 6.07) is 9.38. The Morgan fingerprint density at radius 3 is 2.61 bits per heavy atom. The summed E-state index contributed by atoms with van der Waals surface area (Å²) in [5.74, 6) is 0.146. The maximum absolute atomic E-state index is 12.4. The van der Waals surface area contributed by atoms with Gasteiger partial charge in [-0.2, -0.15) is 0 Å². The molecule has 0 bridgehead atoms. The number of Topliss-reactive ketones (excluding diaryl/α,β-unsaturated/α-hetero) is 1. The molecule has 1 aliphatic rings. The molecule has 0 saturated heterocycles. The van der Waals surface area contributed by atoms with E-state index >= 15 is 0 Å². The van der Waals surface area contributed by atoms with E-state index in [0.29, 0.717) is 0 Å². The summed E-state index contributed by atoms with van der Waals surface area (Å²) in [5, 5.41) is 10.1. The second kappa shape index (κ2) is 5.49. The van der Waals surface area contributed by atoms with Gasteiger partial charge < -0.3 is 5.11 Å². The summed E-state index contributed by atoms with van der Waals surface area (Å²) in [6.07, 6.45) is 2.25. The largest absolute Gasteiger partial charge is 0.388 e. The molecular weight excluding hydrogens is 224 g/mol. The van der Waals surface area contributed by atoms with Gasteiger partial charge in [0.15, 0.2) is 5.78 Å². The van der Waals surface area contributed by atoms with E-state index in [1.807, 2.05) is 37.3 Å². The molecule has 0 aromatic heterocycles. The second-order valence-corrected chi connectivity index (χ2v) is 5.22. The van der Waals surface area contributed by atoms with Crippen LogP contribution < -0.4 is 0 Å². The zero-order chi connectivity index (χ0) is 13.1. The molecule has 0 aliphatic heterocycles. The molecule has 0 spiro atoms. The van der Waals surface area contributed by atoms with Crippen molar-refractivity contribution in [1.29, 1.82) is 0 Å². The lowest BCUT2D eigenvalue weighted by Gasteiger charge is -2.24. The van der Waals surface area contributed by atoms with Crippen molar-refractivity contribution in [2.24, 2.45) is 11.8 Å². The third-order valence-corrected chi connectivity index (χ3v) is 3.87. The zero-order valence-corrected chi connectivity index (χ0v) is 10.8. The number of rotatable bonds is 4. The fourth-order valence-electron chi connectivity index (χ4n) is 2.87. The van der Waals surface area contributed by atoms with Gasteiger partial charge in [-0.25, -0.2) is 0 Å². The zero-order valence-electron chi connectivity index (χ0n) is 10.8. The number of hydrogen-bond donors (Lipinski definition) is 1. The molecule has 0 radical (unpaired) electrons. The molecule has 2 rings (SSSR count). The first-order valence-corrected chi connectivity index (χ1v) is 6.54. The minimum atomic E-state index is -0.551. The highest BCUT2D eigenvalue weighted by Gasteiger charge is 2.37. The molecule has 0 heterocycles. The van der Waals surface area contributed by atoms with Crippen LogP contribution in [-0.2, 0) is 0 Å². The van der Waals surface area contributed by atoms with Crippen LogP contribution >= 0.6 is 0 Å². The number of benzene rings is 1. The van der Waals surface area contributed by atoms with Crippen LogP contribution in [0.3, 0.4) is 0 Å². The summed E-state index contributed by atoms with van der Waals surface area (Å²) < 4.78 is 0. The van der Waals surface area contributed by atoms with Crippen LogP contribution in [0.15, 0.2) is 42.5 Å². The second-order valence-electron chi connectivity index (χ2n) is 5.22. The summed E-state index contributed by atoms with van der Waals surface area (Å²) in [5.41, 5.74) is 1.51. The van der Waals surface area contributed by atoms with Gasteiger partial charge in [-0.15, -0.1) is 0 Å². The van der Waals surface area contributed by atoms with Crippen molar-refractivity contribution < 1.29 is 9.90 Å². The molecular formula is C16H20O2. The summed E-state index contributed by atoms with van der Waals surface area (Å²) in [6.45, 7) is 5.63. The Hall–Kier alpha value is -1.41. The summed E-state index contributed by atoms with van der Waals surface area (Å²) in [4.78, 5) is 12.4. The number of aliphatic hydroxyl groups excluding tert-OH is 1. The maximum atomic E-state index is 12.4. The Morgan fingerprint density at radius 1 is 1.33 bits per heavy atom. The molecule has 1 aromatic carbocycles. The molecule has 1 saturated carbocycles. The molecule has 2 heteroatoms. The number of ketones is 1. The Balaban J connectivity index is 2.17. The van der Waals surface area contributed by atoms with Crippen LogP contribution in [0.2, 0.25) is 0 Å². The third kappa shape index (κ3) is 2.54. The SMILES string of the molecule is C=C(C)[C@H](O)[C@H]1CCC[C@@H]1C(=O)c1ccccc1. The van der Waals surface area contributed by atoms with Crippen molar-refractivity contribution in [2.75, 3.05) is 0 Å². The molecule has 1 fully saturated rings. The van der Waals surface area contributed by atoms with E-state index in [1.54, 1.807) is 0 Å². The quantitative estimate of drug-likeness (QED) is 0.652. The van der Waals surface area contributed by atoms with Gasteiger partial charge in [0.25, 0.3) is 0 Å². The number of aliphatic hydroxyl groups is 1. The van der Waals surface area contributed by atoms with Gasteiger partial charge in [-0.05, 0) is 25.7 Å². The molecule has 18 heavy (non-hydrogen) atoms. The highest BCUT2D eigenvalue weighted by molar-refractivity contribution is 5.98. The highest BCUT2D eigenvalue weighted by atomic mass is 16.3. The minimum absolute atomic E-state index is 0.0372. The van der Waals surface area contributed by atoms with E-state index in [9.17, 15) is 9.90 Å². The topological polar surface area (TPSA) is 37.3 Å². The fraction of sp³-hybridized carbons (Fsp3) is 0.438. The Kier molecular flexibility index (Phi) is 3.97. The first-order chi connectivity index (χ1) is 8.61. The third-order valence-electron chi connectivity index (χ3n) is 3.87. The van der Waals surface area contributed by atoms with Gasteiger partial charge >= 0.3 is 0 Å². The first kappa shape index (κ1) is 13.0. The Bertz CT molecular complexity index is 436. The van der Waals surface area contributed by atoms with Crippen molar-refractivity contribution in [3.8, 4) is 0 Å². The van der Waals surface area contributed by atoms with Crippen LogP contribution in [0, 0.1) is 11.8 Å². The molecule has 1 aliphatic carbocycles. The summed E-state index contributed by atoms with van der Waals surface area (Å²) >= 11 is 0. The number of carbonyl (C=O) groups is 1. The van der Waals surface area contributed by atoms with E-state index in [4.69, 9.17) is 0 Å². The van der Waals surface area contributed by atoms with Crippen LogP contribution in [0.25, 0.3) is 0 Å². The van der Waals surface area contributed by atoms with E-state index < -0.39 is 6.10 Å². The standard InChI is InChI=1S/C16H20O2/c1-11(2)15(17)13-9-6-10-14(13)16(18)12-7-4-3-5-8-12/h3-5,7-8,13-15,17H,1,6,9-10H2,2H3/t13-,14-,15-/m0/s1. The predicted octanol–water partition coefficient (Wildman–Crippen LogP) is 3.22. The minimum Gasteiger partial charge on any atom is -0.388 e. The van der Waals surface area contributed by atoms with Crippen LogP contribution in [0.4, 0.5) is 0 Å². The van der Waals surface area contributed by atoms with Gasteiger partial charge in [0, 0.05) is 11.5 Å². The van der Waals surface area contributed by atoms with Crippen LogP contribution in [0.5, 0.6) is 0 Å². The Morgan fingerprint density at radius 2 is 2.00 bits per heavy atom. The molecule has 0 amide bonds. The van der Waals surface area contributed by atoms with E-state index in [2.05, 4.69) is 6.58 Å². The monoisotopic (exact) mass is 244 g/mol. The fourth-order valence-corrected chi connectivity index (χ4v) is 2.87. The van der Waals surface area contributed by atoms with E-state index in [0.717, 1.165) is 30.4 Å². The van der Waals surface area contributed by atoms with Crippen LogP contribution in [0.1, 0.15) is 36.5 Å². The van der Waals surface area contributed by atoms with Crippen LogP contribution in [-0.4, -0.2) is 17.0 Å². The first-order valence-electron chi connectivity index (χ1n) is 6.54. The van der Waals surface area contributed by atoms with Crippen molar-refractivity contribution in [3.05, 3.63) is 48.0 Å². The number of hydrogen-bond acceptors (Lipinski definition) is 2. The average Bonchev–Trinajstić information content (AvgIpc) is 2.87. The van der Waals surface area contributed by atoms with Crippen molar-refractivity contribution in [3.63, 3.8) is 0 Å². The number of carbonyl (C=O) groups excluding carboxylic acids is 1. The summed E-state index contributed by atoms with van der Waals surface area (Å²) in [7, 11) is 0. The normalized spacial score (nSPS) is 24.8. The van der Waals surface area contributed by atoms with Crippen molar-refractivity contribution >= 4 is 5.78 Å². The smallest absolute Gasteiger partial charge is 0.166 e. The molecule has 96 valence electrons. The van der Waals surface area contributed by atoms with Gasteiger partial charge in [0.2, 0.25) is 0 Å². The van der Waals surface area contributed by atoms with E-state index in [1.165, 1.54) is 0 Å². The molecule has 1 N–H and O–H groups in total. The van der Waals surface area contributed by atoms with Gasteiger partial charge in [-0.3, -0.25) is 4.79 Å². The average molecular weight is 244 g/mol. The van der Waals surface area contributed by atoms with E-state index in [-0.39, 0.29) is 17.6 Å². The Labute approximate surface area is 108 Å².